The summed E-state index contributed by atoms with van der Waals surface area (Å²) in [4.78, 5) is 0. The highest BCUT2D eigenvalue weighted by Crippen LogP contribution is 2.37. The molecule has 1 heterocycles. The van der Waals surface area contributed by atoms with Crippen LogP contribution >= 0.6 is 0 Å². The minimum atomic E-state index is -0.0748. The summed E-state index contributed by atoms with van der Waals surface area (Å²) in [5.74, 6) is 0.943. The molecule has 0 radical (unpaired) electrons. The second-order valence-corrected chi connectivity index (χ2v) is 6.46. The standard InChI is InChI=1S/C16H23NO2/c1-15(2)10-17-11-16(19-15)7-6-12-4-5-14(18-3)8-13(12)9-16/h4-5,8,17H,6-7,9-11H2,1-3H3. The molecule has 3 rings (SSSR count). The zero-order valence-electron chi connectivity index (χ0n) is 12.1. The van der Waals surface area contributed by atoms with Crippen LogP contribution in [0.1, 0.15) is 31.4 Å². The Morgan fingerprint density at radius 3 is 2.79 bits per heavy atom. The lowest BCUT2D eigenvalue weighted by molar-refractivity contribution is -0.166. The van der Waals surface area contributed by atoms with Crippen molar-refractivity contribution in [3.8, 4) is 5.75 Å². The van der Waals surface area contributed by atoms with Gasteiger partial charge >= 0.3 is 0 Å². The van der Waals surface area contributed by atoms with Crippen LogP contribution in [0.5, 0.6) is 5.75 Å². The van der Waals surface area contributed by atoms with E-state index in [1.54, 1.807) is 7.11 Å². The summed E-state index contributed by atoms with van der Waals surface area (Å²) < 4.78 is 11.8. The van der Waals surface area contributed by atoms with Gasteiger partial charge in [-0.05, 0) is 49.9 Å². The largest absolute Gasteiger partial charge is 0.497 e. The number of fused-ring (bicyclic) bond motifs is 1. The van der Waals surface area contributed by atoms with Crippen molar-refractivity contribution in [2.75, 3.05) is 20.2 Å². The third-order valence-corrected chi connectivity index (χ3v) is 4.27. The van der Waals surface area contributed by atoms with E-state index in [9.17, 15) is 0 Å². The van der Waals surface area contributed by atoms with E-state index in [-0.39, 0.29) is 11.2 Å². The van der Waals surface area contributed by atoms with E-state index in [4.69, 9.17) is 9.47 Å². The van der Waals surface area contributed by atoms with Crippen molar-refractivity contribution in [1.29, 1.82) is 0 Å². The van der Waals surface area contributed by atoms with E-state index in [1.807, 2.05) is 0 Å². The van der Waals surface area contributed by atoms with Gasteiger partial charge in [-0.2, -0.15) is 0 Å². The summed E-state index contributed by atoms with van der Waals surface area (Å²) in [6.07, 6.45) is 3.18. The second-order valence-electron chi connectivity index (χ2n) is 6.46. The van der Waals surface area contributed by atoms with E-state index in [0.717, 1.165) is 38.1 Å². The molecule has 1 aromatic rings. The Kier molecular flexibility index (Phi) is 3.06. The summed E-state index contributed by atoms with van der Waals surface area (Å²) in [5.41, 5.74) is 2.71. The van der Waals surface area contributed by atoms with Gasteiger partial charge in [0.2, 0.25) is 0 Å². The number of benzene rings is 1. The van der Waals surface area contributed by atoms with Crippen molar-refractivity contribution < 1.29 is 9.47 Å². The van der Waals surface area contributed by atoms with Gasteiger partial charge in [-0.1, -0.05) is 6.07 Å². The van der Waals surface area contributed by atoms with Gasteiger partial charge in [-0.25, -0.2) is 0 Å². The van der Waals surface area contributed by atoms with Crippen molar-refractivity contribution in [1.82, 2.24) is 5.32 Å². The number of aryl methyl sites for hydroxylation is 1. The molecule has 0 bridgehead atoms. The molecule has 1 saturated heterocycles. The molecule has 3 heteroatoms. The maximum Gasteiger partial charge on any atom is 0.119 e. The Labute approximate surface area is 115 Å². The fraction of sp³-hybridized carbons (Fsp3) is 0.625. The first-order valence-electron chi connectivity index (χ1n) is 7.09. The molecule has 0 amide bonds. The number of nitrogens with one attached hydrogen (secondary N) is 1. The molecule has 3 nitrogen and oxygen atoms in total. The van der Waals surface area contributed by atoms with Crippen molar-refractivity contribution in [3.63, 3.8) is 0 Å². The highest BCUT2D eigenvalue weighted by atomic mass is 16.5. The van der Waals surface area contributed by atoms with Crippen molar-refractivity contribution in [3.05, 3.63) is 29.3 Å². The fourth-order valence-electron chi connectivity index (χ4n) is 3.42. The maximum atomic E-state index is 6.43. The Morgan fingerprint density at radius 1 is 1.21 bits per heavy atom. The van der Waals surface area contributed by atoms with Gasteiger partial charge in [0, 0.05) is 19.5 Å². The molecule has 1 aliphatic heterocycles. The zero-order valence-corrected chi connectivity index (χ0v) is 12.1. The van der Waals surface area contributed by atoms with Crippen LogP contribution in [0.4, 0.5) is 0 Å². The predicted octanol–water partition coefficient (Wildman–Crippen LogP) is 2.32. The van der Waals surface area contributed by atoms with Crippen LogP contribution in [-0.4, -0.2) is 31.4 Å². The van der Waals surface area contributed by atoms with Crippen LogP contribution in [0, 0.1) is 0 Å². The predicted molar refractivity (Wildman–Crippen MR) is 75.8 cm³/mol. The van der Waals surface area contributed by atoms with Crippen LogP contribution in [0.3, 0.4) is 0 Å². The highest BCUT2D eigenvalue weighted by molar-refractivity contribution is 5.39. The van der Waals surface area contributed by atoms with Gasteiger partial charge in [-0.15, -0.1) is 0 Å². The molecule has 0 saturated carbocycles. The molecule has 1 aromatic carbocycles. The average molecular weight is 261 g/mol. The molecule has 1 fully saturated rings. The van der Waals surface area contributed by atoms with Gasteiger partial charge in [-0.3, -0.25) is 0 Å². The highest BCUT2D eigenvalue weighted by Gasteiger charge is 2.42. The van der Waals surface area contributed by atoms with E-state index in [1.165, 1.54) is 11.1 Å². The molecular weight excluding hydrogens is 238 g/mol. The van der Waals surface area contributed by atoms with Gasteiger partial charge in [0.05, 0.1) is 18.3 Å². The molecule has 1 N–H and O–H groups in total. The van der Waals surface area contributed by atoms with Gasteiger partial charge in [0.1, 0.15) is 5.75 Å². The number of hydrogen-bond acceptors (Lipinski definition) is 3. The smallest absolute Gasteiger partial charge is 0.119 e. The summed E-state index contributed by atoms with van der Waals surface area (Å²) in [6, 6.07) is 6.42. The van der Waals surface area contributed by atoms with E-state index < -0.39 is 0 Å². The van der Waals surface area contributed by atoms with Crippen molar-refractivity contribution >= 4 is 0 Å². The topological polar surface area (TPSA) is 30.5 Å². The lowest BCUT2D eigenvalue weighted by atomic mass is 9.78. The normalized spacial score (nSPS) is 29.0. The molecule has 1 aliphatic carbocycles. The molecular formula is C16H23NO2. The Morgan fingerprint density at radius 2 is 2.05 bits per heavy atom. The number of ether oxygens (including phenoxy) is 2. The molecule has 2 aliphatic rings. The van der Waals surface area contributed by atoms with Crippen LogP contribution in [0.15, 0.2) is 18.2 Å². The Balaban J connectivity index is 1.88. The summed E-state index contributed by atoms with van der Waals surface area (Å²) >= 11 is 0. The summed E-state index contributed by atoms with van der Waals surface area (Å²) in [6.45, 7) is 6.22. The Bertz CT molecular complexity index is 484. The molecule has 1 unspecified atom stereocenters. The SMILES string of the molecule is COc1ccc2c(c1)CC1(CC2)CNCC(C)(C)O1. The lowest BCUT2D eigenvalue weighted by Crippen LogP contribution is -2.60. The molecule has 1 atom stereocenters. The molecule has 19 heavy (non-hydrogen) atoms. The number of methoxy groups -OCH3 is 1. The number of rotatable bonds is 1. The first kappa shape index (κ1) is 12.9. The Hall–Kier alpha value is -1.06. The van der Waals surface area contributed by atoms with Crippen molar-refractivity contribution in [2.45, 2.75) is 44.3 Å². The second kappa shape index (κ2) is 4.50. The van der Waals surface area contributed by atoms with Gasteiger partial charge in [0.25, 0.3) is 0 Å². The first-order valence-corrected chi connectivity index (χ1v) is 7.09. The van der Waals surface area contributed by atoms with Crippen LogP contribution in [0.2, 0.25) is 0 Å². The quantitative estimate of drug-likeness (QED) is 0.841. The summed E-state index contributed by atoms with van der Waals surface area (Å²) in [5, 5.41) is 3.54. The molecule has 104 valence electrons. The maximum absolute atomic E-state index is 6.43. The third kappa shape index (κ3) is 2.49. The van der Waals surface area contributed by atoms with Crippen LogP contribution in [-0.2, 0) is 17.6 Å². The fourth-order valence-corrected chi connectivity index (χ4v) is 3.42. The third-order valence-electron chi connectivity index (χ3n) is 4.27. The number of morpholine rings is 1. The average Bonchev–Trinajstić information content (AvgIpc) is 2.36. The first-order chi connectivity index (χ1) is 9.02. The minimum absolute atomic E-state index is 0.0406. The van der Waals surface area contributed by atoms with Gasteiger partial charge in [0.15, 0.2) is 0 Å². The van der Waals surface area contributed by atoms with E-state index >= 15 is 0 Å². The molecule has 1 spiro atoms. The monoisotopic (exact) mass is 261 g/mol. The van der Waals surface area contributed by atoms with Crippen molar-refractivity contribution in [2.24, 2.45) is 0 Å². The zero-order chi connectivity index (χ0) is 13.5. The molecule has 0 aromatic heterocycles. The summed E-state index contributed by atoms with van der Waals surface area (Å²) in [7, 11) is 1.72. The van der Waals surface area contributed by atoms with E-state index in [2.05, 4.69) is 37.4 Å². The van der Waals surface area contributed by atoms with E-state index in [0.29, 0.717) is 0 Å². The minimum Gasteiger partial charge on any atom is -0.497 e. The lowest BCUT2D eigenvalue weighted by Gasteiger charge is -2.48. The number of hydrogen-bond donors (Lipinski definition) is 1. The van der Waals surface area contributed by atoms with Crippen LogP contribution < -0.4 is 10.1 Å². The van der Waals surface area contributed by atoms with Gasteiger partial charge < -0.3 is 14.8 Å². The van der Waals surface area contributed by atoms with Crippen LogP contribution in [0.25, 0.3) is 0 Å².